The van der Waals surface area contributed by atoms with E-state index in [1.807, 2.05) is 30.3 Å². The second kappa shape index (κ2) is 6.73. The van der Waals surface area contributed by atoms with Crippen molar-refractivity contribution in [1.82, 2.24) is 10.2 Å². The lowest BCUT2D eigenvalue weighted by Gasteiger charge is -2.25. The first-order valence-corrected chi connectivity index (χ1v) is 7.55. The summed E-state index contributed by atoms with van der Waals surface area (Å²) in [4.78, 5) is 36.1. The number of rotatable bonds is 6. The fraction of sp³-hybridized carbons (Fsp3) is 0.471. The molecule has 1 fully saturated rings. The number of hydrogen-bond acceptors (Lipinski definition) is 3. The zero-order valence-corrected chi connectivity index (χ0v) is 13.1. The van der Waals surface area contributed by atoms with E-state index in [0.29, 0.717) is 6.54 Å². The summed E-state index contributed by atoms with van der Waals surface area (Å²) in [6, 6.07) is 9.98. The molecule has 0 bridgehead atoms. The Bertz CT molecular complexity index is 551. The van der Waals surface area contributed by atoms with Gasteiger partial charge in [-0.3, -0.25) is 19.3 Å². The Morgan fingerprint density at radius 3 is 2.32 bits per heavy atom. The van der Waals surface area contributed by atoms with Crippen molar-refractivity contribution in [2.75, 3.05) is 13.1 Å². The lowest BCUT2D eigenvalue weighted by atomic mass is 9.84. The normalized spacial score (nSPS) is 15.3. The zero-order valence-electron chi connectivity index (χ0n) is 13.1. The van der Waals surface area contributed by atoms with Crippen LogP contribution in [0.5, 0.6) is 0 Å². The van der Waals surface area contributed by atoms with Gasteiger partial charge in [0.05, 0.1) is 0 Å². The lowest BCUT2D eigenvalue weighted by Crippen LogP contribution is -2.39. The Morgan fingerprint density at radius 1 is 1.14 bits per heavy atom. The minimum atomic E-state index is -0.178. The Hall–Kier alpha value is -2.17. The summed E-state index contributed by atoms with van der Waals surface area (Å²) in [7, 11) is 0. The van der Waals surface area contributed by atoms with Crippen LogP contribution in [-0.4, -0.2) is 35.7 Å². The fourth-order valence-corrected chi connectivity index (χ4v) is 2.48. The molecule has 1 aromatic carbocycles. The van der Waals surface area contributed by atoms with Crippen molar-refractivity contribution < 1.29 is 14.4 Å². The fourth-order valence-electron chi connectivity index (χ4n) is 2.48. The Morgan fingerprint density at radius 2 is 1.73 bits per heavy atom. The molecular formula is C17H22N2O3. The maximum absolute atomic E-state index is 11.9. The van der Waals surface area contributed by atoms with E-state index in [1.54, 1.807) is 0 Å². The molecule has 1 saturated heterocycles. The highest BCUT2D eigenvalue weighted by Crippen LogP contribution is 2.21. The van der Waals surface area contributed by atoms with Gasteiger partial charge in [-0.05, 0) is 5.56 Å². The van der Waals surface area contributed by atoms with E-state index >= 15 is 0 Å². The van der Waals surface area contributed by atoms with Crippen LogP contribution in [0.3, 0.4) is 0 Å². The molecule has 0 atom stereocenters. The highest BCUT2D eigenvalue weighted by molar-refractivity contribution is 6.02. The van der Waals surface area contributed by atoms with Gasteiger partial charge in [0.25, 0.3) is 0 Å². The third kappa shape index (κ3) is 3.93. The first-order chi connectivity index (χ1) is 10.4. The quantitative estimate of drug-likeness (QED) is 0.812. The largest absolute Gasteiger partial charge is 0.355 e. The van der Waals surface area contributed by atoms with Crippen molar-refractivity contribution in [3.8, 4) is 0 Å². The molecular weight excluding hydrogens is 280 g/mol. The molecule has 0 unspecified atom stereocenters. The number of carbonyl (C=O) groups excluding carboxylic acids is 3. The van der Waals surface area contributed by atoms with E-state index < -0.39 is 0 Å². The van der Waals surface area contributed by atoms with Crippen LogP contribution in [0.2, 0.25) is 0 Å². The van der Waals surface area contributed by atoms with Crippen LogP contribution in [0.4, 0.5) is 0 Å². The predicted octanol–water partition coefficient (Wildman–Crippen LogP) is 1.62. The number of amides is 3. The van der Waals surface area contributed by atoms with Gasteiger partial charge < -0.3 is 5.32 Å². The van der Waals surface area contributed by atoms with E-state index in [4.69, 9.17) is 0 Å². The molecule has 5 heteroatoms. The van der Waals surface area contributed by atoms with Crippen molar-refractivity contribution in [1.29, 1.82) is 0 Å². The molecule has 1 N–H and O–H groups in total. The van der Waals surface area contributed by atoms with Gasteiger partial charge in [0.1, 0.15) is 0 Å². The van der Waals surface area contributed by atoms with Crippen LogP contribution in [0.25, 0.3) is 0 Å². The smallest absolute Gasteiger partial charge is 0.229 e. The van der Waals surface area contributed by atoms with Crippen molar-refractivity contribution in [3.05, 3.63) is 35.9 Å². The van der Waals surface area contributed by atoms with Crippen molar-refractivity contribution in [2.24, 2.45) is 0 Å². The highest BCUT2D eigenvalue weighted by atomic mass is 16.2. The molecule has 0 radical (unpaired) electrons. The summed E-state index contributed by atoms with van der Waals surface area (Å²) in [5.41, 5.74) is 0.983. The first-order valence-electron chi connectivity index (χ1n) is 7.55. The van der Waals surface area contributed by atoms with Crippen LogP contribution in [-0.2, 0) is 19.8 Å². The average Bonchev–Trinajstić information content (AvgIpc) is 2.83. The van der Waals surface area contributed by atoms with Crippen molar-refractivity contribution in [2.45, 2.75) is 38.5 Å². The predicted molar refractivity (Wildman–Crippen MR) is 83.0 cm³/mol. The van der Waals surface area contributed by atoms with Crippen LogP contribution in [0, 0.1) is 0 Å². The molecule has 5 nitrogen and oxygen atoms in total. The second-order valence-corrected chi connectivity index (χ2v) is 6.22. The maximum Gasteiger partial charge on any atom is 0.229 e. The summed E-state index contributed by atoms with van der Waals surface area (Å²) in [6.45, 7) is 4.82. The van der Waals surface area contributed by atoms with Gasteiger partial charge in [-0.25, -0.2) is 0 Å². The third-order valence-corrected chi connectivity index (χ3v) is 4.00. The molecule has 0 aliphatic carbocycles. The van der Waals surface area contributed by atoms with Crippen LogP contribution < -0.4 is 5.32 Å². The van der Waals surface area contributed by atoms with E-state index in [-0.39, 0.29) is 48.9 Å². The van der Waals surface area contributed by atoms with Crippen LogP contribution >= 0.6 is 0 Å². The van der Waals surface area contributed by atoms with Gasteiger partial charge in [0.15, 0.2) is 0 Å². The van der Waals surface area contributed by atoms with Gasteiger partial charge >= 0.3 is 0 Å². The topological polar surface area (TPSA) is 66.5 Å². The van der Waals surface area contributed by atoms with Crippen molar-refractivity contribution in [3.63, 3.8) is 0 Å². The Kier molecular flexibility index (Phi) is 4.96. The molecule has 1 aliphatic rings. The molecule has 0 aromatic heterocycles. The van der Waals surface area contributed by atoms with E-state index in [9.17, 15) is 14.4 Å². The monoisotopic (exact) mass is 302 g/mol. The number of likely N-dealkylation sites (tertiary alicyclic amines) is 1. The number of nitrogens with zero attached hydrogens (tertiary/aromatic N) is 1. The highest BCUT2D eigenvalue weighted by Gasteiger charge is 2.29. The summed E-state index contributed by atoms with van der Waals surface area (Å²) < 4.78 is 0. The molecule has 0 spiro atoms. The summed E-state index contributed by atoms with van der Waals surface area (Å²) in [5, 5.41) is 2.89. The Labute approximate surface area is 130 Å². The van der Waals surface area contributed by atoms with Gasteiger partial charge in [0.2, 0.25) is 17.7 Å². The Balaban J connectivity index is 1.80. The van der Waals surface area contributed by atoms with Crippen LogP contribution in [0.1, 0.15) is 38.7 Å². The van der Waals surface area contributed by atoms with E-state index in [2.05, 4.69) is 19.2 Å². The van der Waals surface area contributed by atoms with Gasteiger partial charge in [-0.2, -0.15) is 0 Å². The zero-order chi connectivity index (χ0) is 16.2. The molecule has 22 heavy (non-hydrogen) atoms. The summed E-state index contributed by atoms with van der Waals surface area (Å²) >= 11 is 0. The molecule has 2 rings (SSSR count). The number of imide groups is 1. The molecule has 0 saturated carbocycles. The first kappa shape index (κ1) is 16.2. The number of nitrogens with one attached hydrogen (secondary N) is 1. The molecule has 1 heterocycles. The molecule has 1 aliphatic heterocycles. The van der Waals surface area contributed by atoms with Gasteiger partial charge in [-0.15, -0.1) is 0 Å². The summed E-state index contributed by atoms with van der Waals surface area (Å²) in [6.07, 6.45) is 0.686. The third-order valence-electron chi connectivity index (χ3n) is 4.00. The minimum Gasteiger partial charge on any atom is -0.355 e. The van der Waals surface area contributed by atoms with E-state index in [1.165, 1.54) is 4.90 Å². The lowest BCUT2D eigenvalue weighted by molar-refractivity contribution is -0.138. The average molecular weight is 302 g/mol. The van der Waals surface area contributed by atoms with Crippen LogP contribution in [0.15, 0.2) is 30.3 Å². The second-order valence-electron chi connectivity index (χ2n) is 6.22. The summed E-state index contributed by atoms with van der Waals surface area (Å²) in [5.74, 6) is -0.499. The molecule has 118 valence electrons. The van der Waals surface area contributed by atoms with Gasteiger partial charge in [-0.1, -0.05) is 44.2 Å². The minimum absolute atomic E-state index is 0.142. The molecule has 1 aromatic rings. The SMILES string of the molecule is CC(C)(CNC(=O)CCN1C(=O)CCC1=O)c1ccccc1. The number of carbonyl (C=O) groups is 3. The standard InChI is InChI=1S/C17H22N2O3/c1-17(2,13-6-4-3-5-7-13)12-18-14(20)10-11-19-15(21)8-9-16(19)22/h3-7H,8-12H2,1-2H3,(H,18,20). The number of hydrogen-bond donors (Lipinski definition) is 1. The number of benzene rings is 1. The van der Waals surface area contributed by atoms with Gasteiger partial charge in [0, 0.05) is 37.8 Å². The van der Waals surface area contributed by atoms with E-state index in [0.717, 1.165) is 5.56 Å². The maximum atomic E-state index is 11.9. The molecule has 3 amide bonds. The van der Waals surface area contributed by atoms with Crippen molar-refractivity contribution >= 4 is 17.7 Å².